The van der Waals surface area contributed by atoms with Crippen molar-refractivity contribution in [1.82, 2.24) is 4.98 Å². The summed E-state index contributed by atoms with van der Waals surface area (Å²) >= 11 is 5.90. The molecule has 2 aromatic carbocycles. The van der Waals surface area contributed by atoms with Crippen LogP contribution < -0.4 is 15.1 Å². The number of aryl methyl sites for hydroxylation is 1. The molecule has 2 heterocycles. The van der Waals surface area contributed by atoms with E-state index in [0.29, 0.717) is 6.42 Å². The summed E-state index contributed by atoms with van der Waals surface area (Å²) in [4.78, 5) is 21.5. The molecule has 1 aliphatic heterocycles. The third-order valence-electron chi connectivity index (χ3n) is 5.54. The first-order valence-electron chi connectivity index (χ1n) is 10.7. The maximum absolute atomic E-state index is 12.2. The van der Waals surface area contributed by atoms with Crippen molar-refractivity contribution >= 4 is 34.7 Å². The molecular formula is C25H27ClN4O. The summed E-state index contributed by atoms with van der Waals surface area (Å²) in [5.74, 6) is 0.966. The number of hydrogen-bond acceptors (Lipinski definition) is 4. The van der Waals surface area contributed by atoms with Gasteiger partial charge in [0.05, 0.1) is 11.9 Å². The zero-order valence-electron chi connectivity index (χ0n) is 17.5. The quantitative estimate of drug-likeness (QED) is 0.567. The molecule has 0 radical (unpaired) electrons. The highest BCUT2D eigenvalue weighted by atomic mass is 35.5. The number of amides is 1. The molecule has 3 aromatic rings. The minimum atomic E-state index is 0.0139. The van der Waals surface area contributed by atoms with E-state index >= 15 is 0 Å². The normalized spacial score (nSPS) is 13.8. The maximum Gasteiger partial charge on any atom is 0.224 e. The third kappa shape index (κ3) is 5.98. The first-order valence-corrected chi connectivity index (χ1v) is 11.1. The number of rotatable bonds is 7. The van der Waals surface area contributed by atoms with Gasteiger partial charge in [-0.1, -0.05) is 41.9 Å². The van der Waals surface area contributed by atoms with Crippen LogP contribution in [0, 0.1) is 0 Å². The summed E-state index contributed by atoms with van der Waals surface area (Å²) in [7, 11) is 0. The van der Waals surface area contributed by atoms with Crippen LogP contribution >= 0.6 is 11.6 Å². The lowest BCUT2D eigenvalue weighted by molar-refractivity contribution is -0.116. The largest absolute Gasteiger partial charge is 0.368 e. The summed E-state index contributed by atoms with van der Waals surface area (Å²) in [5.41, 5.74) is 3.20. The van der Waals surface area contributed by atoms with E-state index in [-0.39, 0.29) is 5.91 Å². The van der Waals surface area contributed by atoms with E-state index in [1.807, 2.05) is 42.5 Å². The zero-order valence-corrected chi connectivity index (χ0v) is 18.3. The standard InChI is InChI=1S/C25H27ClN4O/c26-21-11-9-20(10-12-21)5-4-8-25(31)28-22-13-14-24(27-19-22)30-17-15-29(16-18-30)23-6-2-1-3-7-23/h1-3,6-7,9-14,19H,4-5,8,15-18H2,(H,28,31). The molecule has 6 heteroatoms. The number of benzene rings is 2. The van der Waals surface area contributed by atoms with E-state index in [9.17, 15) is 4.79 Å². The van der Waals surface area contributed by atoms with Crippen molar-refractivity contribution in [3.05, 3.63) is 83.5 Å². The predicted molar refractivity (Wildman–Crippen MR) is 128 cm³/mol. The molecule has 0 bridgehead atoms. The van der Waals surface area contributed by atoms with Crippen LogP contribution in [-0.4, -0.2) is 37.1 Å². The van der Waals surface area contributed by atoms with Crippen LogP contribution in [0.2, 0.25) is 5.02 Å². The lowest BCUT2D eigenvalue weighted by Gasteiger charge is -2.36. The van der Waals surface area contributed by atoms with E-state index in [2.05, 4.69) is 44.4 Å². The SMILES string of the molecule is O=C(CCCc1ccc(Cl)cc1)Nc1ccc(N2CCN(c3ccccc3)CC2)nc1. The molecule has 160 valence electrons. The average molecular weight is 435 g/mol. The molecule has 1 aliphatic rings. The Balaban J connectivity index is 1.22. The molecule has 0 saturated carbocycles. The van der Waals surface area contributed by atoms with Gasteiger partial charge in [0.15, 0.2) is 0 Å². The third-order valence-corrected chi connectivity index (χ3v) is 5.79. The maximum atomic E-state index is 12.2. The van der Waals surface area contributed by atoms with E-state index < -0.39 is 0 Å². The number of carbonyl (C=O) groups excluding carboxylic acids is 1. The van der Waals surface area contributed by atoms with Crippen molar-refractivity contribution in [3.8, 4) is 0 Å². The Labute approximate surface area is 188 Å². The summed E-state index contributed by atoms with van der Waals surface area (Å²) in [5, 5.41) is 3.68. The first-order chi connectivity index (χ1) is 15.2. The van der Waals surface area contributed by atoms with Gasteiger partial charge >= 0.3 is 0 Å². The van der Waals surface area contributed by atoms with Crippen LogP contribution in [0.3, 0.4) is 0 Å². The topological polar surface area (TPSA) is 48.5 Å². The Bertz CT molecular complexity index is 969. The Morgan fingerprint density at radius 1 is 0.903 bits per heavy atom. The Hall–Kier alpha value is -3.05. The van der Waals surface area contributed by atoms with Gasteiger partial charge in [-0.15, -0.1) is 0 Å². The number of pyridine rings is 1. The Morgan fingerprint density at radius 2 is 1.61 bits per heavy atom. The molecule has 0 spiro atoms. The number of halogens is 1. The molecule has 1 amide bonds. The van der Waals surface area contributed by atoms with Gasteiger partial charge in [0.2, 0.25) is 5.91 Å². The molecule has 0 aliphatic carbocycles. The molecular weight excluding hydrogens is 408 g/mol. The highest BCUT2D eigenvalue weighted by molar-refractivity contribution is 6.30. The highest BCUT2D eigenvalue weighted by Crippen LogP contribution is 2.20. The Kier molecular flexibility index (Phi) is 7.05. The van der Waals surface area contributed by atoms with Gasteiger partial charge in [-0.2, -0.15) is 0 Å². The van der Waals surface area contributed by atoms with Gasteiger partial charge in [-0.05, 0) is 54.8 Å². The zero-order chi connectivity index (χ0) is 21.5. The smallest absolute Gasteiger partial charge is 0.224 e. The second kappa shape index (κ2) is 10.3. The molecule has 31 heavy (non-hydrogen) atoms. The number of para-hydroxylation sites is 1. The van der Waals surface area contributed by atoms with Crippen LogP contribution in [0.1, 0.15) is 18.4 Å². The molecule has 0 unspecified atom stereocenters. The van der Waals surface area contributed by atoms with Gasteiger partial charge in [0, 0.05) is 43.3 Å². The average Bonchev–Trinajstić information content (AvgIpc) is 2.82. The lowest BCUT2D eigenvalue weighted by Crippen LogP contribution is -2.46. The van der Waals surface area contributed by atoms with Crippen molar-refractivity contribution in [2.75, 3.05) is 41.3 Å². The fourth-order valence-corrected chi connectivity index (χ4v) is 3.93. The number of carbonyl (C=O) groups is 1. The predicted octanol–water partition coefficient (Wildman–Crippen LogP) is 5.02. The van der Waals surface area contributed by atoms with Crippen LogP contribution in [0.4, 0.5) is 17.2 Å². The Morgan fingerprint density at radius 3 is 2.29 bits per heavy atom. The van der Waals surface area contributed by atoms with Gasteiger partial charge in [0.25, 0.3) is 0 Å². The number of piperazine rings is 1. The number of hydrogen-bond donors (Lipinski definition) is 1. The number of nitrogens with zero attached hydrogens (tertiary/aromatic N) is 3. The second-order valence-electron chi connectivity index (χ2n) is 7.74. The molecule has 0 atom stereocenters. The van der Waals surface area contributed by atoms with Crippen molar-refractivity contribution in [2.24, 2.45) is 0 Å². The fraction of sp³-hybridized carbons (Fsp3) is 0.280. The molecule has 1 N–H and O–H groups in total. The van der Waals surface area contributed by atoms with Gasteiger partial charge in [-0.25, -0.2) is 4.98 Å². The van der Waals surface area contributed by atoms with Gasteiger partial charge in [-0.3, -0.25) is 4.79 Å². The minimum Gasteiger partial charge on any atom is -0.368 e. The van der Waals surface area contributed by atoms with Crippen molar-refractivity contribution in [3.63, 3.8) is 0 Å². The summed E-state index contributed by atoms with van der Waals surface area (Å²) < 4.78 is 0. The fourth-order valence-electron chi connectivity index (χ4n) is 3.81. The summed E-state index contributed by atoms with van der Waals surface area (Å²) in [6, 6.07) is 22.2. The first kappa shape index (κ1) is 21.2. The molecule has 1 fully saturated rings. The molecule has 1 saturated heterocycles. The van der Waals surface area contributed by atoms with Gasteiger partial charge in [0.1, 0.15) is 5.82 Å². The van der Waals surface area contributed by atoms with Crippen molar-refractivity contribution in [1.29, 1.82) is 0 Å². The van der Waals surface area contributed by atoms with Crippen LogP contribution in [0.5, 0.6) is 0 Å². The van der Waals surface area contributed by atoms with Crippen LogP contribution in [-0.2, 0) is 11.2 Å². The van der Waals surface area contributed by atoms with Crippen LogP contribution in [0.25, 0.3) is 0 Å². The molecule has 4 rings (SSSR count). The molecule has 1 aromatic heterocycles. The van der Waals surface area contributed by atoms with E-state index in [1.165, 1.54) is 11.3 Å². The van der Waals surface area contributed by atoms with Crippen LogP contribution in [0.15, 0.2) is 72.9 Å². The van der Waals surface area contributed by atoms with Gasteiger partial charge < -0.3 is 15.1 Å². The summed E-state index contributed by atoms with van der Waals surface area (Å²) in [6.45, 7) is 3.80. The lowest BCUT2D eigenvalue weighted by atomic mass is 10.1. The number of aromatic nitrogens is 1. The highest BCUT2D eigenvalue weighted by Gasteiger charge is 2.18. The van der Waals surface area contributed by atoms with Crippen molar-refractivity contribution < 1.29 is 4.79 Å². The number of nitrogens with one attached hydrogen (secondary N) is 1. The molecule has 5 nitrogen and oxygen atoms in total. The minimum absolute atomic E-state index is 0.0139. The van der Waals surface area contributed by atoms with E-state index in [4.69, 9.17) is 11.6 Å². The number of anilines is 3. The van der Waals surface area contributed by atoms with E-state index in [0.717, 1.165) is 55.5 Å². The van der Waals surface area contributed by atoms with Crippen molar-refractivity contribution in [2.45, 2.75) is 19.3 Å². The van der Waals surface area contributed by atoms with E-state index in [1.54, 1.807) is 6.20 Å². The second-order valence-corrected chi connectivity index (χ2v) is 8.18. The summed E-state index contributed by atoms with van der Waals surface area (Å²) in [6.07, 6.45) is 3.88. The monoisotopic (exact) mass is 434 g/mol.